The monoisotopic (exact) mass is 1300 g/mol. The molecule has 0 bridgehead atoms. The number of benzene rings is 4. The van der Waals surface area contributed by atoms with Gasteiger partial charge >= 0.3 is 5.97 Å². The Morgan fingerprint density at radius 2 is 1.39 bits per heavy atom. The fourth-order valence-electron chi connectivity index (χ4n) is 11.8. The largest absolute Gasteiger partial charge is 0.491 e. The Morgan fingerprint density at radius 1 is 0.763 bits per heavy atom. The molecule has 6 aromatic rings. The van der Waals surface area contributed by atoms with Crippen LogP contribution >= 0.6 is 11.3 Å². The van der Waals surface area contributed by atoms with Crippen LogP contribution in [0.3, 0.4) is 0 Å². The summed E-state index contributed by atoms with van der Waals surface area (Å²) < 4.78 is 63.7. The van der Waals surface area contributed by atoms with Gasteiger partial charge < -0.3 is 63.1 Å². The van der Waals surface area contributed by atoms with Crippen LogP contribution in [0.2, 0.25) is 0 Å². The van der Waals surface area contributed by atoms with E-state index in [0.717, 1.165) is 38.5 Å². The van der Waals surface area contributed by atoms with Gasteiger partial charge in [-0.1, -0.05) is 89.2 Å². The Bertz CT molecular complexity index is 3380. The minimum atomic E-state index is -0.963. The maximum absolute atomic E-state index is 14.9. The van der Waals surface area contributed by atoms with E-state index in [1.807, 2.05) is 110 Å². The molecule has 3 amide bonds. The van der Waals surface area contributed by atoms with E-state index in [1.165, 1.54) is 17.0 Å². The second-order valence-corrected chi connectivity index (χ2v) is 27.3. The van der Waals surface area contributed by atoms with Crippen molar-refractivity contribution in [3.8, 4) is 38.6 Å². The third-order valence-electron chi connectivity index (χ3n) is 15.9. The molecule has 3 N–H and O–H groups in total. The highest BCUT2D eigenvalue weighted by molar-refractivity contribution is 7.13. The molecule has 8 rings (SSSR count). The van der Waals surface area contributed by atoms with E-state index in [2.05, 4.69) is 34.0 Å². The Balaban J connectivity index is 0.748. The second kappa shape index (κ2) is 33.3. The van der Waals surface area contributed by atoms with Crippen molar-refractivity contribution in [2.75, 3.05) is 71.3 Å². The van der Waals surface area contributed by atoms with Gasteiger partial charge in [0.2, 0.25) is 11.8 Å². The van der Waals surface area contributed by atoms with Crippen molar-refractivity contribution in [1.29, 1.82) is 0 Å². The summed E-state index contributed by atoms with van der Waals surface area (Å²) in [4.78, 5) is 75.2. The lowest BCUT2D eigenvalue weighted by molar-refractivity contribution is -0.301. The summed E-state index contributed by atoms with van der Waals surface area (Å²) in [6.07, 6.45) is 1.31. The van der Waals surface area contributed by atoms with Gasteiger partial charge in [0.15, 0.2) is 11.6 Å². The minimum Gasteiger partial charge on any atom is -0.491 e. The van der Waals surface area contributed by atoms with Crippen molar-refractivity contribution in [3.05, 3.63) is 137 Å². The number of hydrogen-bond donors (Lipinski definition) is 3. The average Bonchev–Trinajstić information content (AvgIpc) is 1.59. The number of rotatable bonds is 32. The minimum absolute atomic E-state index is 0.00506. The van der Waals surface area contributed by atoms with Gasteiger partial charge in [-0.3, -0.25) is 29.0 Å². The Morgan fingerprint density at radius 3 is 2.00 bits per heavy atom. The van der Waals surface area contributed by atoms with Crippen molar-refractivity contribution >= 4 is 46.5 Å². The van der Waals surface area contributed by atoms with Gasteiger partial charge in [-0.15, -0.1) is 11.3 Å². The SMILES string of the molecule is CC(C)c1c(C(=O)Nc2ccc(OCCOCCOCCOCCOCC(=O)C[C@H](C(=O)N3C[C@H](O)C[C@H]3C(=O)NCc3ccc(-c4cncs4)cc3)C(C)(C)C)cc2)c(-c2ccccc2)c(-c2ccc(F)cc2)n1CC[C@@H]1C[C@H](CC(=O)OC(C)(C)C)OC(C)(C)O1. The van der Waals surface area contributed by atoms with E-state index in [4.69, 9.17) is 37.9 Å². The molecule has 502 valence electrons. The van der Waals surface area contributed by atoms with Crippen LogP contribution in [-0.2, 0) is 65.4 Å². The summed E-state index contributed by atoms with van der Waals surface area (Å²) in [5.74, 6) is -3.24. The molecule has 4 heterocycles. The normalized spacial score (nSPS) is 17.7. The number of aliphatic hydroxyl groups is 1. The number of halogens is 1. The van der Waals surface area contributed by atoms with E-state index >= 15 is 0 Å². The number of ketones is 1. The lowest BCUT2D eigenvalue weighted by Gasteiger charge is -2.41. The molecule has 4 aromatic carbocycles. The van der Waals surface area contributed by atoms with E-state index in [-0.39, 0.29) is 106 Å². The molecule has 19 nitrogen and oxygen atoms in total. The van der Waals surface area contributed by atoms with E-state index in [0.29, 0.717) is 75.0 Å². The van der Waals surface area contributed by atoms with Crippen molar-refractivity contribution in [2.45, 2.75) is 156 Å². The topological polar surface area (TPSA) is 225 Å². The van der Waals surface area contributed by atoms with Gasteiger partial charge in [-0.25, -0.2) is 4.39 Å². The van der Waals surface area contributed by atoms with Gasteiger partial charge in [0, 0.05) is 68.0 Å². The number of esters is 1. The summed E-state index contributed by atoms with van der Waals surface area (Å²) in [5, 5.41) is 16.7. The molecule has 2 aromatic heterocycles. The molecule has 2 aliphatic rings. The third kappa shape index (κ3) is 21.1. The number of amides is 3. The van der Waals surface area contributed by atoms with Crippen LogP contribution in [0, 0.1) is 17.2 Å². The number of β-amino-alcohol motifs (C(OH)–C–C–N with tert-alkyl or cyclic N) is 1. The van der Waals surface area contributed by atoms with Crippen LogP contribution in [-0.4, -0.2) is 151 Å². The van der Waals surface area contributed by atoms with Gasteiger partial charge in [0.05, 0.1) is 92.6 Å². The number of aromatic nitrogens is 2. The second-order valence-electron chi connectivity index (χ2n) is 26.4. The van der Waals surface area contributed by atoms with E-state index in [9.17, 15) is 33.5 Å². The fourth-order valence-corrected chi connectivity index (χ4v) is 12.4. The molecule has 2 fully saturated rings. The van der Waals surface area contributed by atoms with E-state index in [1.54, 1.807) is 59.4 Å². The van der Waals surface area contributed by atoms with Crippen LogP contribution in [0.4, 0.5) is 10.1 Å². The molecule has 0 spiro atoms. The van der Waals surface area contributed by atoms with Crippen molar-refractivity contribution in [3.63, 3.8) is 0 Å². The Labute approximate surface area is 549 Å². The predicted molar refractivity (Wildman–Crippen MR) is 354 cm³/mol. The number of carbonyl (C=O) groups is 5. The zero-order valence-electron chi connectivity index (χ0n) is 55.3. The molecule has 0 radical (unpaired) electrons. The van der Waals surface area contributed by atoms with Crippen LogP contribution in [0.1, 0.15) is 129 Å². The van der Waals surface area contributed by atoms with Crippen molar-refractivity contribution in [1.82, 2.24) is 19.8 Å². The van der Waals surface area contributed by atoms with E-state index < -0.39 is 41.0 Å². The number of Topliss-reactive ketones (excluding diaryl/α,β-unsaturated/α-hetero) is 1. The number of nitrogens with one attached hydrogen (secondary N) is 2. The summed E-state index contributed by atoms with van der Waals surface area (Å²) in [7, 11) is 0. The maximum atomic E-state index is 14.9. The molecular formula is C72H92FN5O14S. The Hall–Kier alpha value is -7.21. The molecular weight excluding hydrogens is 1210 g/mol. The van der Waals surface area contributed by atoms with Gasteiger partial charge in [-0.05, 0) is 123 Å². The van der Waals surface area contributed by atoms with Gasteiger partial charge in [0.1, 0.15) is 36.4 Å². The zero-order chi connectivity index (χ0) is 66.9. The first-order valence-corrected chi connectivity index (χ1v) is 33.0. The molecule has 2 saturated heterocycles. The lowest BCUT2D eigenvalue weighted by atomic mass is 9.77. The highest BCUT2D eigenvalue weighted by atomic mass is 32.1. The molecule has 93 heavy (non-hydrogen) atoms. The van der Waals surface area contributed by atoms with Gasteiger partial charge in [-0.2, -0.15) is 0 Å². The maximum Gasteiger partial charge on any atom is 0.308 e. The highest BCUT2D eigenvalue weighted by Gasteiger charge is 2.45. The number of anilines is 1. The van der Waals surface area contributed by atoms with Crippen LogP contribution in [0.25, 0.3) is 32.8 Å². The summed E-state index contributed by atoms with van der Waals surface area (Å²) >= 11 is 1.54. The first-order valence-electron chi connectivity index (χ1n) is 32.1. The number of thiazole rings is 1. The number of nitrogens with zero attached hydrogens (tertiary/aromatic N) is 3. The Kier molecular flexibility index (Phi) is 25.6. The van der Waals surface area contributed by atoms with Crippen LogP contribution < -0.4 is 15.4 Å². The summed E-state index contributed by atoms with van der Waals surface area (Å²) in [6, 6.07) is 30.1. The number of likely N-dealkylation sites (tertiary alicyclic amines) is 1. The highest BCUT2D eigenvalue weighted by Crippen LogP contribution is 2.44. The summed E-state index contributed by atoms with van der Waals surface area (Å²) in [6.45, 7) is 21.7. The van der Waals surface area contributed by atoms with Gasteiger partial charge in [0.25, 0.3) is 5.91 Å². The first kappa shape index (κ1) is 71.6. The summed E-state index contributed by atoms with van der Waals surface area (Å²) in [5.41, 5.74) is 7.36. The van der Waals surface area contributed by atoms with Crippen LogP contribution in [0.15, 0.2) is 115 Å². The smallest absolute Gasteiger partial charge is 0.308 e. The number of aliphatic hydroxyl groups excluding tert-OH is 1. The molecule has 0 unspecified atom stereocenters. The quantitative estimate of drug-likeness (QED) is 0.0264. The number of ether oxygens (including phenoxy) is 8. The molecule has 2 aliphatic heterocycles. The standard InChI is InChI=1S/C72H92FN5O14S/c1-47(2)65-64(63(50-14-12-11-13-15-50)66(51-20-22-52(73)23-21-51)77(65)29-28-57-40-58(91-72(9,10)90-57)41-62(81)92-71(6,7)8)68(83)76-53-24-26-56(27-25-53)89-37-36-87-33-32-85-30-31-86-34-35-88-45-55(80)38-59(70(3,4)5)69(84)78-44-54(79)39-60(78)67(82)75-42-48-16-18-49(19-17-48)61-43-74-46-93-61/h11-27,43,46-47,54,57-60,79H,28-42,44-45H2,1-10H3,(H,75,82)(H,76,83)/t54-,57-,58-,59-,60+/m1/s1. The molecule has 21 heteroatoms. The number of carbonyl (C=O) groups excluding carboxylic acids is 5. The molecule has 0 aliphatic carbocycles. The molecule has 0 saturated carbocycles. The first-order chi connectivity index (χ1) is 44.3. The zero-order valence-corrected chi connectivity index (χ0v) is 56.2. The van der Waals surface area contributed by atoms with Crippen LogP contribution in [0.5, 0.6) is 5.75 Å². The average molecular weight is 1300 g/mol. The fraction of sp³-hybridized carbons (Fsp3) is 0.500. The predicted octanol–water partition coefficient (Wildman–Crippen LogP) is 11.8. The van der Waals surface area contributed by atoms with Crippen molar-refractivity contribution in [2.24, 2.45) is 11.3 Å². The number of hydrogen-bond acceptors (Lipinski definition) is 16. The van der Waals surface area contributed by atoms with Crippen molar-refractivity contribution < 1.29 is 71.4 Å². The lowest BCUT2D eigenvalue weighted by Crippen LogP contribution is -2.50. The third-order valence-corrected chi connectivity index (χ3v) is 16.8. The molecule has 5 atom stereocenters.